The summed E-state index contributed by atoms with van der Waals surface area (Å²) < 4.78 is 0. The van der Waals surface area contributed by atoms with Gasteiger partial charge in [0.05, 0.1) is 11.0 Å². The number of hydrogen-bond donors (Lipinski definition) is 1. The first-order valence-corrected chi connectivity index (χ1v) is 5.12. The average Bonchev–Trinajstić information content (AvgIpc) is 2.16. The van der Waals surface area contributed by atoms with Crippen LogP contribution in [-0.2, 0) is 0 Å². The Morgan fingerprint density at radius 3 is 2.75 bits per heavy atom. The SMILES string of the molecule is CC(O)CN(C)c1ccc(Cl)cc1[N+](=O)[O-]. The number of hydrogen-bond acceptors (Lipinski definition) is 4. The molecule has 1 atom stereocenters. The van der Waals surface area contributed by atoms with Crippen LogP contribution in [0.25, 0.3) is 0 Å². The van der Waals surface area contributed by atoms with Gasteiger partial charge in [-0.3, -0.25) is 10.1 Å². The second-order valence-corrected chi connectivity index (χ2v) is 4.06. The molecule has 6 heteroatoms. The van der Waals surface area contributed by atoms with Crippen molar-refractivity contribution in [1.82, 2.24) is 0 Å². The second-order valence-electron chi connectivity index (χ2n) is 3.62. The van der Waals surface area contributed by atoms with Gasteiger partial charge in [-0.2, -0.15) is 0 Å². The molecule has 0 bridgehead atoms. The first-order chi connectivity index (χ1) is 7.41. The zero-order valence-corrected chi connectivity index (χ0v) is 9.81. The van der Waals surface area contributed by atoms with Crippen LogP contribution in [0.15, 0.2) is 18.2 Å². The van der Waals surface area contributed by atoms with E-state index in [1.165, 1.54) is 6.07 Å². The van der Waals surface area contributed by atoms with E-state index in [4.69, 9.17) is 11.6 Å². The molecule has 0 aliphatic carbocycles. The summed E-state index contributed by atoms with van der Waals surface area (Å²) in [5, 5.41) is 20.4. The van der Waals surface area contributed by atoms with Gasteiger partial charge in [0.2, 0.25) is 0 Å². The Balaban J connectivity index is 3.07. The van der Waals surface area contributed by atoms with Gasteiger partial charge in [0.1, 0.15) is 5.69 Å². The molecular formula is C10H13ClN2O3. The van der Waals surface area contributed by atoms with Crippen molar-refractivity contribution in [3.63, 3.8) is 0 Å². The van der Waals surface area contributed by atoms with Crippen molar-refractivity contribution < 1.29 is 10.0 Å². The normalized spacial score (nSPS) is 12.2. The number of nitrogens with zero attached hydrogens (tertiary/aromatic N) is 2. The Kier molecular flexibility index (Phi) is 4.09. The third kappa shape index (κ3) is 3.08. The fraction of sp³-hybridized carbons (Fsp3) is 0.400. The number of benzene rings is 1. The fourth-order valence-electron chi connectivity index (χ4n) is 1.46. The summed E-state index contributed by atoms with van der Waals surface area (Å²) in [7, 11) is 1.68. The van der Waals surface area contributed by atoms with E-state index in [1.54, 1.807) is 31.0 Å². The van der Waals surface area contributed by atoms with Gasteiger partial charge in [-0.05, 0) is 19.1 Å². The van der Waals surface area contributed by atoms with Crippen molar-refractivity contribution >= 4 is 23.0 Å². The molecule has 0 aliphatic heterocycles. The molecule has 0 aliphatic rings. The Bertz CT molecular complexity index is 396. The molecule has 16 heavy (non-hydrogen) atoms. The zero-order chi connectivity index (χ0) is 12.3. The van der Waals surface area contributed by atoms with E-state index in [9.17, 15) is 15.2 Å². The van der Waals surface area contributed by atoms with Crippen molar-refractivity contribution in [3.8, 4) is 0 Å². The molecule has 1 rings (SSSR count). The number of aliphatic hydroxyl groups excluding tert-OH is 1. The van der Waals surface area contributed by atoms with Crippen LogP contribution >= 0.6 is 11.6 Å². The summed E-state index contributed by atoms with van der Waals surface area (Å²) >= 11 is 5.70. The van der Waals surface area contributed by atoms with Gasteiger partial charge >= 0.3 is 0 Å². The highest BCUT2D eigenvalue weighted by molar-refractivity contribution is 6.30. The molecule has 0 fully saturated rings. The number of nitro groups is 1. The average molecular weight is 245 g/mol. The first kappa shape index (κ1) is 12.7. The predicted octanol–water partition coefficient (Wildman–Crippen LogP) is 2.07. The Labute approximate surface area is 98.4 Å². The van der Waals surface area contributed by atoms with Crippen molar-refractivity contribution in [3.05, 3.63) is 33.3 Å². The molecule has 1 aromatic carbocycles. The van der Waals surface area contributed by atoms with Crippen LogP contribution in [0.4, 0.5) is 11.4 Å². The molecule has 88 valence electrons. The molecule has 1 unspecified atom stereocenters. The Morgan fingerprint density at radius 2 is 2.25 bits per heavy atom. The predicted molar refractivity (Wildman–Crippen MR) is 63.1 cm³/mol. The first-order valence-electron chi connectivity index (χ1n) is 4.75. The number of nitro benzene ring substituents is 1. The highest BCUT2D eigenvalue weighted by Gasteiger charge is 2.18. The van der Waals surface area contributed by atoms with Crippen molar-refractivity contribution in [1.29, 1.82) is 0 Å². The van der Waals surface area contributed by atoms with Crippen molar-refractivity contribution in [2.75, 3.05) is 18.5 Å². The summed E-state index contributed by atoms with van der Waals surface area (Å²) in [6.45, 7) is 1.95. The van der Waals surface area contributed by atoms with Crippen LogP contribution < -0.4 is 4.90 Å². The van der Waals surface area contributed by atoms with E-state index in [2.05, 4.69) is 0 Å². The lowest BCUT2D eigenvalue weighted by atomic mass is 10.2. The lowest BCUT2D eigenvalue weighted by Gasteiger charge is -2.20. The molecule has 1 aromatic rings. The third-order valence-corrected chi connectivity index (χ3v) is 2.32. The van der Waals surface area contributed by atoms with Crippen LogP contribution in [-0.4, -0.2) is 29.7 Å². The minimum Gasteiger partial charge on any atom is -0.392 e. The van der Waals surface area contributed by atoms with Gasteiger partial charge in [0.25, 0.3) is 5.69 Å². The Morgan fingerprint density at radius 1 is 1.62 bits per heavy atom. The maximum Gasteiger partial charge on any atom is 0.294 e. The summed E-state index contributed by atoms with van der Waals surface area (Å²) in [5.41, 5.74) is 0.381. The third-order valence-electron chi connectivity index (χ3n) is 2.08. The summed E-state index contributed by atoms with van der Waals surface area (Å²) in [5.74, 6) is 0. The molecule has 0 aromatic heterocycles. The molecule has 0 saturated carbocycles. The van der Waals surface area contributed by atoms with E-state index in [-0.39, 0.29) is 5.69 Å². The number of likely N-dealkylation sites (N-methyl/N-ethyl adjacent to an activating group) is 1. The monoisotopic (exact) mass is 244 g/mol. The minimum absolute atomic E-state index is 0.0596. The van der Waals surface area contributed by atoms with Gasteiger partial charge in [-0.1, -0.05) is 11.6 Å². The fourth-order valence-corrected chi connectivity index (χ4v) is 1.63. The quantitative estimate of drug-likeness (QED) is 0.650. The van der Waals surface area contributed by atoms with Gasteiger partial charge in [0.15, 0.2) is 0 Å². The van der Waals surface area contributed by atoms with Crippen LogP contribution in [0.2, 0.25) is 5.02 Å². The molecule has 0 saturated heterocycles. The van der Waals surface area contributed by atoms with Gasteiger partial charge in [-0.15, -0.1) is 0 Å². The van der Waals surface area contributed by atoms with E-state index >= 15 is 0 Å². The molecule has 0 heterocycles. The van der Waals surface area contributed by atoms with Crippen molar-refractivity contribution in [2.24, 2.45) is 0 Å². The van der Waals surface area contributed by atoms with Crippen LogP contribution in [0.5, 0.6) is 0 Å². The second kappa shape index (κ2) is 5.14. The molecule has 0 amide bonds. The number of rotatable bonds is 4. The summed E-state index contributed by atoms with van der Waals surface area (Å²) in [6, 6.07) is 4.46. The lowest BCUT2D eigenvalue weighted by molar-refractivity contribution is -0.384. The Hall–Kier alpha value is -1.33. The zero-order valence-electron chi connectivity index (χ0n) is 9.05. The maximum absolute atomic E-state index is 10.8. The molecular weight excluding hydrogens is 232 g/mol. The van der Waals surface area contributed by atoms with Crippen LogP contribution in [0, 0.1) is 10.1 Å². The smallest absolute Gasteiger partial charge is 0.294 e. The van der Waals surface area contributed by atoms with Crippen LogP contribution in [0.1, 0.15) is 6.92 Å². The molecule has 0 spiro atoms. The van der Waals surface area contributed by atoms with Crippen LogP contribution in [0.3, 0.4) is 0 Å². The minimum atomic E-state index is -0.555. The topological polar surface area (TPSA) is 66.6 Å². The van der Waals surface area contributed by atoms with Gasteiger partial charge in [-0.25, -0.2) is 0 Å². The summed E-state index contributed by atoms with van der Waals surface area (Å²) in [4.78, 5) is 12.0. The standard InChI is InChI=1S/C10H13ClN2O3/c1-7(14)6-12(2)9-4-3-8(11)5-10(9)13(15)16/h3-5,7,14H,6H2,1-2H3. The van der Waals surface area contributed by atoms with E-state index in [1.807, 2.05) is 0 Å². The highest BCUT2D eigenvalue weighted by atomic mass is 35.5. The van der Waals surface area contributed by atoms with Crippen molar-refractivity contribution in [2.45, 2.75) is 13.0 Å². The molecule has 5 nitrogen and oxygen atoms in total. The largest absolute Gasteiger partial charge is 0.392 e. The molecule has 0 radical (unpaired) electrons. The van der Waals surface area contributed by atoms with Gasteiger partial charge < -0.3 is 10.0 Å². The van der Waals surface area contributed by atoms with E-state index in [0.717, 1.165) is 0 Å². The number of aliphatic hydroxyl groups is 1. The lowest BCUT2D eigenvalue weighted by Crippen LogP contribution is -2.27. The van der Waals surface area contributed by atoms with E-state index in [0.29, 0.717) is 17.3 Å². The number of halogens is 1. The van der Waals surface area contributed by atoms with E-state index < -0.39 is 11.0 Å². The number of anilines is 1. The molecule has 1 N–H and O–H groups in total. The highest BCUT2D eigenvalue weighted by Crippen LogP contribution is 2.30. The van der Waals surface area contributed by atoms with Gasteiger partial charge in [0, 0.05) is 24.7 Å². The maximum atomic E-state index is 10.8. The summed E-state index contributed by atoms with van der Waals surface area (Å²) in [6.07, 6.45) is -0.555.